The zero-order valence-electron chi connectivity index (χ0n) is 14.3. The molecule has 3 heterocycles. The maximum Gasteiger partial charge on any atom is 0.181 e. The Kier molecular flexibility index (Phi) is 3.61. The van der Waals surface area contributed by atoms with Crippen molar-refractivity contribution in [3.63, 3.8) is 0 Å². The van der Waals surface area contributed by atoms with Gasteiger partial charge in [-0.2, -0.15) is 10.4 Å². The zero-order chi connectivity index (χ0) is 18.2. The van der Waals surface area contributed by atoms with Crippen LogP contribution in [0, 0.1) is 11.3 Å². The molecule has 0 saturated carbocycles. The molecule has 7 nitrogen and oxygen atoms in total. The highest BCUT2D eigenvalue weighted by atomic mass is 16.5. The molecule has 132 valence electrons. The molecule has 0 amide bonds. The molecule has 0 unspecified atom stereocenters. The lowest BCUT2D eigenvalue weighted by molar-refractivity contribution is 0.183. The van der Waals surface area contributed by atoms with Crippen LogP contribution >= 0.6 is 0 Å². The third-order valence-corrected chi connectivity index (χ3v) is 4.88. The number of nitrogens with one attached hydrogen (secondary N) is 1. The molecule has 1 aliphatic carbocycles. The summed E-state index contributed by atoms with van der Waals surface area (Å²) in [4.78, 5) is 8.17. The number of pyridine rings is 1. The molecule has 27 heavy (non-hydrogen) atoms. The molecule has 0 fully saturated rings. The van der Waals surface area contributed by atoms with E-state index >= 15 is 0 Å². The van der Waals surface area contributed by atoms with Crippen LogP contribution in [0.25, 0.3) is 22.4 Å². The number of benzene rings is 1. The summed E-state index contributed by atoms with van der Waals surface area (Å²) in [7, 11) is 0. The summed E-state index contributed by atoms with van der Waals surface area (Å²) in [6.45, 7) is 0. The summed E-state index contributed by atoms with van der Waals surface area (Å²) in [5.74, 6) is 1.36. The molecule has 0 bridgehead atoms. The van der Waals surface area contributed by atoms with Crippen LogP contribution in [0.2, 0.25) is 0 Å². The summed E-state index contributed by atoms with van der Waals surface area (Å²) in [6.07, 6.45) is 7.60. The van der Waals surface area contributed by atoms with E-state index in [0.717, 1.165) is 47.0 Å². The minimum absolute atomic E-state index is 0.0768. The second kappa shape index (κ2) is 6.25. The fraction of sp³-hybridized carbons (Fsp3) is 0.200. The Balaban J connectivity index is 1.49. The highest BCUT2D eigenvalue weighted by Crippen LogP contribution is 2.35. The normalized spacial score (nSPS) is 16.0. The molecular weight excluding hydrogens is 342 g/mol. The Morgan fingerprint density at radius 1 is 1.26 bits per heavy atom. The van der Waals surface area contributed by atoms with Gasteiger partial charge in [0.25, 0.3) is 0 Å². The number of nitriles is 1. The van der Waals surface area contributed by atoms with E-state index < -0.39 is 0 Å². The summed E-state index contributed by atoms with van der Waals surface area (Å²) < 4.78 is 11.7. The Hall–Kier alpha value is -3.66. The van der Waals surface area contributed by atoms with E-state index in [0.29, 0.717) is 17.1 Å². The van der Waals surface area contributed by atoms with Gasteiger partial charge in [0.1, 0.15) is 29.3 Å². The van der Waals surface area contributed by atoms with Crippen LogP contribution in [-0.4, -0.2) is 20.2 Å². The minimum Gasteiger partial charge on any atom is -0.486 e. The second-order valence-corrected chi connectivity index (χ2v) is 6.52. The summed E-state index contributed by atoms with van der Waals surface area (Å²) in [5.41, 5.74) is 4.26. The summed E-state index contributed by atoms with van der Waals surface area (Å²) in [6, 6.07) is 9.80. The first-order valence-electron chi connectivity index (χ1n) is 8.74. The van der Waals surface area contributed by atoms with Crippen LogP contribution in [0.4, 0.5) is 0 Å². The van der Waals surface area contributed by atoms with Gasteiger partial charge >= 0.3 is 0 Å². The van der Waals surface area contributed by atoms with E-state index in [1.807, 2.05) is 24.3 Å². The summed E-state index contributed by atoms with van der Waals surface area (Å²) in [5, 5.41) is 17.3. The molecule has 0 saturated heterocycles. The largest absolute Gasteiger partial charge is 0.486 e. The molecule has 0 spiro atoms. The lowest BCUT2D eigenvalue weighted by Crippen LogP contribution is -2.16. The average molecular weight is 357 g/mol. The highest BCUT2D eigenvalue weighted by molar-refractivity contribution is 5.92. The maximum absolute atomic E-state index is 9.06. The number of aryl methyl sites for hydroxylation is 1. The van der Waals surface area contributed by atoms with Crippen LogP contribution < -0.4 is 4.74 Å². The SMILES string of the molecule is N#Cc1cc2c(cn1)[C@@H](Oc1ccc3[nH]nc(-c4cnco4)c3c1)CCC2. The number of hydrogen-bond donors (Lipinski definition) is 1. The number of H-pyrrole nitrogens is 1. The molecule has 1 N–H and O–H groups in total. The fourth-order valence-corrected chi connectivity index (χ4v) is 3.58. The lowest BCUT2D eigenvalue weighted by Gasteiger charge is -2.26. The lowest BCUT2D eigenvalue weighted by atomic mass is 9.90. The molecule has 1 aromatic carbocycles. The van der Waals surface area contributed by atoms with E-state index in [1.54, 1.807) is 12.4 Å². The number of ether oxygens (including phenoxy) is 1. The molecule has 1 atom stereocenters. The van der Waals surface area contributed by atoms with Gasteiger partial charge in [0.05, 0.1) is 11.7 Å². The van der Waals surface area contributed by atoms with Gasteiger partial charge in [-0.3, -0.25) is 5.10 Å². The minimum atomic E-state index is -0.0768. The number of oxazole rings is 1. The highest BCUT2D eigenvalue weighted by Gasteiger charge is 2.23. The number of aromatic amines is 1. The van der Waals surface area contributed by atoms with E-state index in [1.165, 1.54) is 6.39 Å². The van der Waals surface area contributed by atoms with Crippen LogP contribution in [0.3, 0.4) is 0 Å². The van der Waals surface area contributed by atoms with Gasteiger partial charge in [-0.15, -0.1) is 0 Å². The van der Waals surface area contributed by atoms with E-state index in [9.17, 15) is 0 Å². The fourth-order valence-electron chi connectivity index (χ4n) is 3.58. The molecular formula is C20H15N5O2. The second-order valence-electron chi connectivity index (χ2n) is 6.52. The molecule has 4 aromatic rings. The zero-order valence-corrected chi connectivity index (χ0v) is 14.3. The number of fused-ring (bicyclic) bond motifs is 2. The topological polar surface area (TPSA) is 101 Å². The predicted molar refractivity (Wildman–Crippen MR) is 96.8 cm³/mol. The number of aromatic nitrogens is 4. The Bertz CT molecular complexity index is 1160. The van der Waals surface area contributed by atoms with Crippen molar-refractivity contribution in [2.24, 2.45) is 0 Å². The van der Waals surface area contributed by atoms with Gasteiger partial charge in [-0.1, -0.05) is 0 Å². The maximum atomic E-state index is 9.06. The standard InChI is InChI=1S/C20H15N5O2/c21-8-13-6-12-2-1-3-18(16(12)9-23-13)27-14-4-5-17-15(7-14)20(25-24-17)19-10-22-11-26-19/h4-7,9-11,18H,1-3H2,(H,24,25)/t18-/m0/s1. The van der Waals surface area contributed by atoms with Crippen molar-refractivity contribution >= 4 is 10.9 Å². The average Bonchev–Trinajstić information content (AvgIpc) is 3.37. The molecule has 1 aliphatic rings. The van der Waals surface area contributed by atoms with Crippen molar-refractivity contribution in [1.82, 2.24) is 20.2 Å². The molecule has 7 heteroatoms. The van der Waals surface area contributed by atoms with Gasteiger partial charge in [-0.25, -0.2) is 9.97 Å². The van der Waals surface area contributed by atoms with Gasteiger partial charge in [-0.05, 0) is 49.1 Å². The van der Waals surface area contributed by atoms with Gasteiger partial charge in [0, 0.05) is 17.1 Å². The summed E-state index contributed by atoms with van der Waals surface area (Å²) >= 11 is 0. The Morgan fingerprint density at radius 3 is 3.07 bits per heavy atom. The van der Waals surface area contributed by atoms with E-state index in [2.05, 4.69) is 26.2 Å². The van der Waals surface area contributed by atoms with Crippen molar-refractivity contribution in [3.05, 3.63) is 59.9 Å². The Labute approximate surface area is 154 Å². The van der Waals surface area contributed by atoms with E-state index in [4.69, 9.17) is 14.4 Å². The molecule has 0 radical (unpaired) electrons. The van der Waals surface area contributed by atoms with Crippen LogP contribution in [-0.2, 0) is 6.42 Å². The van der Waals surface area contributed by atoms with Crippen molar-refractivity contribution < 1.29 is 9.15 Å². The molecule has 3 aromatic heterocycles. The number of rotatable bonds is 3. The first-order chi connectivity index (χ1) is 13.3. The van der Waals surface area contributed by atoms with Crippen LogP contribution in [0.15, 0.2) is 47.5 Å². The monoisotopic (exact) mass is 357 g/mol. The quantitative estimate of drug-likeness (QED) is 0.596. The van der Waals surface area contributed by atoms with Crippen LogP contribution in [0.1, 0.15) is 35.8 Å². The third-order valence-electron chi connectivity index (χ3n) is 4.88. The van der Waals surface area contributed by atoms with Crippen molar-refractivity contribution in [2.45, 2.75) is 25.4 Å². The third kappa shape index (κ3) is 2.72. The van der Waals surface area contributed by atoms with Crippen molar-refractivity contribution in [1.29, 1.82) is 5.26 Å². The van der Waals surface area contributed by atoms with Crippen molar-refractivity contribution in [3.8, 4) is 23.3 Å². The molecule has 0 aliphatic heterocycles. The Morgan fingerprint density at radius 2 is 2.22 bits per heavy atom. The van der Waals surface area contributed by atoms with Crippen LogP contribution in [0.5, 0.6) is 5.75 Å². The number of nitrogens with zero attached hydrogens (tertiary/aromatic N) is 4. The number of hydrogen-bond acceptors (Lipinski definition) is 6. The molecule has 5 rings (SSSR count). The first-order valence-corrected chi connectivity index (χ1v) is 8.74. The smallest absolute Gasteiger partial charge is 0.181 e. The van der Waals surface area contributed by atoms with Crippen molar-refractivity contribution in [2.75, 3.05) is 0 Å². The predicted octanol–water partition coefficient (Wildman–Crippen LogP) is 3.94. The van der Waals surface area contributed by atoms with Gasteiger partial charge in [0.2, 0.25) is 0 Å². The van der Waals surface area contributed by atoms with Gasteiger partial charge < -0.3 is 9.15 Å². The first kappa shape index (κ1) is 15.6. The van der Waals surface area contributed by atoms with E-state index in [-0.39, 0.29) is 6.10 Å². The van der Waals surface area contributed by atoms with Gasteiger partial charge in [0.15, 0.2) is 12.2 Å².